The number of aromatic nitrogens is 2. The molecule has 0 spiro atoms. The van der Waals surface area contributed by atoms with Gasteiger partial charge >= 0.3 is 6.01 Å². The molecular weight excluding hydrogens is 268 g/mol. The first kappa shape index (κ1) is 13.9. The quantitative estimate of drug-likeness (QED) is 0.840. The van der Waals surface area contributed by atoms with Crippen LogP contribution in [0.3, 0.4) is 0 Å². The Morgan fingerprint density at radius 3 is 2.71 bits per heavy atom. The van der Waals surface area contributed by atoms with Crippen LogP contribution in [-0.2, 0) is 13.1 Å². The molecule has 6 nitrogen and oxygen atoms in total. The van der Waals surface area contributed by atoms with Crippen molar-refractivity contribution in [3.8, 4) is 5.75 Å². The number of nitrogens with zero attached hydrogens (tertiary/aromatic N) is 3. The van der Waals surface area contributed by atoms with E-state index in [0.717, 1.165) is 11.3 Å². The molecule has 1 saturated carbocycles. The zero-order valence-corrected chi connectivity index (χ0v) is 12.4. The van der Waals surface area contributed by atoms with Crippen LogP contribution in [0.2, 0.25) is 0 Å². The van der Waals surface area contributed by atoms with Crippen molar-refractivity contribution in [3.05, 3.63) is 35.7 Å². The third kappa shape index (κ3) is 3.72. The predicted molar refractivity (Wildman–Crippen MR) is 79.3 cm³/mol. The zero-order valence-electron chi connectivity index (χ0n) is 12.4. The second-order valence-electron chi connectivity index (χ2n) is 5.34. The van der Waals surface area contributed by atoms with Gasteiger partial charge in [0.1, 0.15) is 5.75 Å². The fourth-order valence-electron chi connectivity index (χ4n) is 2.06. The lowest BCUT2D eigenvalue weighted by Crippen LogP contribution is -2.17. The van der Waals surface area contributed by atoms with Crippen LogP contribution in [0.15, 0.2) is 28.7 Å². The Morgan fingerprint density at radius 1 is 1.29 bits per heavy atom. The minimum absolute atomic E-state index is 0.540. The number of rotatable bonds is 7. The molecule has 3 rings (SSSR count). The summed E-state index contributed by atoms with van der Waals surface area (Å²) in [7, 11) is 3.60. The molecule has 0 radical (unpaired) electrons. The fourth-order valence-corrected chi connectivity index (χ4v) is 2.06. The molecule has 1 N–H and O–H groups in total. The van der Waals surface area contributed by atoms with Crippen molar-refractivity contribution in [1.29, 1.82) is 0 Å². The Morgan fingerprint density at radius 2 is 2.05 bits per heavy atom. The Kier molecular flexibility index (Phi) is 4.06. The lowest BCUT2D eigenvalue weighted by Gasteiger charge is -2.14. The highest BCUT2D eigenvalue weighted by molar-refractivity contribution is 5.31. The highest BCUT2D eigenvalue weighted by atomic mass is 16.5. The van der Waals surface area contributed by atoms with Gasteiger partial charge in [0, 0.05) is 19.6 Å². The third-order valence-corrected chi connectivity index (χ3v) is 3.48. The lowest BCUT2D eigenvalue weighted by atomic mass is 10.2. The number of anilines is 1. The molecule has 1 aromatic heterocycles. The first-order valence-corrected chi connectivity index (χ1v) is 7.14. The smallest absolute Gasteiger partial charge is 0.318 e. The highest BCUT2D eigenvalue weighted by Crippen LogP contribution is 2.20. The first-order valence-electron chi connectivity index (χ1n) is 7.14. The molecule has 21 heavy (non-hydrogen) atoms. The maximum absolute atomic E-state index is 5.66. The van der Waals surface area contributed by atoms with Gasteiger partial charge in [-0.05, 0) is 30.5 Å². The second kappa shape index (κ2) is 6.13. The average Bonchev–Trinajstić information content (AvgIpc) is 3.22. The van der Waals surface area contributed by atoms with Crippen molar-refractivity contribution in [2.24, 2.45) is 0 Å². The molecule has 0 unspecified atom stereocenters. The van der Waals surface area contributed by atoms with Crippen molar-refractivity contribution in [2.75, 3.05) is 19.1 Å². The summed E-state index contributed by atoms with van der Waals surface area (Å²) in [6.45, 7) is 1.36. The molecule has 1 heterocycles. The summed E-state index contributed by atoms with van der Waals surface area (Å²) < 4.78 is 10.8. The summed E-state index contributed by atoms with van der Waals surface area (Å²) in [5, 5.41) is 11.5. The van der Waals surface area contributed by atoms with Gasteiger partial charge < -0.3 is 19.4 Å². The molecule has 0 amide bonds. The Bertz CT molecular complexity index is 578. The standard InChI is InChI=1S/C15H20N4O2/c1-19(10-11-3-7-13(20-2)8-4-11)15-18-17-14(21-15)9-16-12-5-6-12/h3-4,7-8,12,16H,5-6,9-10H2,1-2H3. The van der Waals surface area contributed by atoms with Crippen LogP contribution in [0.25, 0.3) is 0 Å². The number of hydrogen-bond donors (Lipinski definition) is 1. The Labute approximate surface area is 124 Å². The van der Waals surface area contributed by atoms with E-state index in [0.29, 0.717) is 31.0 Å². The molecular formula is C15H20N4O2. The minimum Gasteiger partial charge on any atom is -0.497 e. The fraction of sp³-hybridized carbons (Fsp3) is 0.467. The normalized spacial score (nSPS) is 14.2. The van der Waals surface area contributed by atoms with E-state index in [2.05, 4.69) is 15.5 Å². The molecule has 0 atom stereocenters. The van der Waals surface area contributed by atoms with Crippen LogP contribution >= 0.6 is 0 Å². The summed E-state index contributed by atoms with van der Waals surface area (Å²) in [5.41, 5.74) is 1.16. The highest BCUT2D eigenvalue weighted by Gasteiger charge is 2.21. The largest absolute Gasteiger partial charge is 0.497 e. The molecule has 1 aliphatic rings. The first-order chi connectivity index (χ1) is 10.2. The Hall–Kier alpha value is -2.08. The molecule has 0 aliphatic heterocycles. The molecule has 2 aromatic rings. The minimum atomic E-state index is 0.540. The number of ether oxygens (including phenoxy) is 1. The second-order valence-corrected chi connectivity index (χ2v) is 5.34. The molecule has 112 valence electrons. The number of benzene rings is 1. The van der Waals surface area contributed by atoms with Crippen LogP contribution in [0.1, 0.15) is 24.3 Å². The molecule has 0 saturated heterocycles. The molecule has 1 aromatic carbocycles. The van der Waals surface area contributed by atoms with Crippen molar-refractivity contribution in [2.45, 2.75) is 32.0 Å². The van der Waals surface area contributed by atoms with E-state index in [1.54, 1.807) is 7.11 Å². The van der Waals surface area contributed by atoms with E-state index < -0.39 is 0 Å². The van der Waals surface area contributed by atoms with Crippen LogP contribution < -0.4 is 15.0 Å². The SMILES string of the molecule is COc1ccc(CN(C)c2nnc(CNC3CC3)o2)cc1. The van der Waals surface area contributed by atoms with Crippen molar-refractivity contribution in [1.82, 2.24) is 15.5 Å². The van der Waals surface area contributed by atoms with Gasteiger partial charge in [-0.2, -0.15) is 0 Å². The average molecular weight is 288 g/mol. The van der Waals surface area contributed by atoms with Gasteiger partial charge in [0.15, 0.2) is 0 Å². The molecule has 0 bridgehead atoms. The lowest BCUT2D eigenvalue weighted by molar-refractivity contribution is 0.414. The molecule has 1 aliphatic carbocycles. The number of methoxy groups -OCH3 is 1. The molecule has 6 heteroatoms. The predicted octanol–water partition coefficient (Wildman–Crippen LogP) is 1.97. The van der Waals surface area contributed by atoms with Crippen LogP contribution in [0.4, 0.5) is 6.01 Å². The van der Waals surface area contributed by atoms with E-state index in [4.69, 9.17) is 9.15 Å². The van der Waals surface area contributed by atoms with E-state index in [1.165, 1.54) is 12.8 Å². The Balaban J connectivity index is 1.57. The van der Waals surface area contributed by atoms with Crippen molar-refractivity contribution < 1.29 is 9.15 Å². The van der Waals surface area contributed by atoms with Gasteiger partial charge in [-0.15, -0.1) is 5.10 Å². The van der Waals surface area contributed by atoms with Crippen molar-refractivity contribution >= 4 is 6.01 Å². The van der Waals surface area contributed by atoms with E-state index >= 15 is 0 Å². The topological polar surface area (TPSA) is 63.4 Å². The van der Waals surface area contributed by atoms with Crippen LogP contribution in [0, 0.1) is 0 Å². The van der Waals surface area contributed by atoms with Crippen LogP contribution in [0.5, 0.6) is 5.75 Å². The van der Waals surface area contributed by atoms with Gasteiger partial charge in [0.25, 0.3) is 0 Å². The van der Waals surface area contributed by atoms with Gasteiger partial charge in [-0.1, -0.05) is 17.2 Å². The summed E-state index contributed by atoms with van der Waals surface area (Å²) in [4.78, 5) is 1.94. The summed E-state index contributed by atoms with van der Waals surface area (Å²) in [5.74, 6) is 1.49. The summed E-state index contributed by atoms with van der Waals surface area (Å²) in [6, 6.07) is 9.13. The van der Waals surface area contributed by atoms with E-state index in [1.807, 2.05) is 36.2 Å². The van der Waals surface area contributed by atoms with Gasteiger partial charge in [0.2, 0.25) is 5.89 Å². The van der Waals surface area contributed by atoms with Crippen molar-refractivity contribution in [3.63, 3.8) is 0 Å². The number of hydrogen-bond acceptors (Lipinski definition) is 6. The van der Waals surface area contributed by atoms with E-state index in [-0.39, 0.29) is 0 Å². The summed E-state index contributed by atoms with van der Waals surface area (Å²) in [6.07, 6.45) is 2.50. The maximum Gasteiger partial charge on any atom is 0.318 e. The number of nitrogens with one attached hydrogen (secondary N) is 1. The summed E-state index contributed by atoms with van der Waals surface area (Å²) >= 11 is 0. The van der Waals surface area contributed by atoms with E-state index in [9.17, 15) is 0 Å². The van der Waals surface area contributed by atoms with Gasteiger partial charge in [0.05, 0.1) is 13.7 Å². The van der Waals surface area contributed by atoms with Gasteiger partial charge in [-0.3, -0.25) is 0 Å². The van der Waals surface area contributed by atoms with Gasteiger partial charge in [-0.25, -0.2) is 0 Å². The molecule has 1 fully saturated rings. The third-order valence-electron chi connectivity index (χ3n) is 3.48. The maximum atomic E-state index is 5.66. The monoisotopic (exact) mass is 288 g/mol. The van der Waals surface area contributed by atoms with Crippen LogP contribution in [-0.4, -0.2) is 30.4 Å². The zero-order chi connectivity index (χ0) is 14.7.